The third-order valence-electron chi connectivity index (χ3n) is 2.27. The summed E-state index contributed by atoms with van der Waals surface area (Å²) >= 11 is 0. The van der Waals surface area contributed by atoms with Crippen molar-refractivity contribution in [2.45, 2.75) is 26.9 Å². The van der Waals surface area contributed by atoms with E-state index in [0.717, 1.165) is 0 Å². The van der Waals surface area contributed by atoms with Gasteiger partial charge in [-0.1, -0.05) is 26.5 Å². The largest absolute Gasteiger partial charge is 0.508 e. The second kappa shape index (κ2) is 9.92. The van der Waals surface area contributed by atoms with E-state index in [1.807, 2.05) is 0 Å². The van der Waals surface area contributed by atoms with E-state index in [4.69, 9.17) is 9.84 Å². The maximum absolute atomic E-state index is 11.7. The molecule has 1 atom stereocenters. The smallest absolute Gasteiger partial charge is 0.407 e. The first-order chi connectivity index (χ1) is 8.08. The van der Waals surface area contributed by atoms with Crippen LogP contribution in [0.25, 0.3) is 0 Å². The molecule has 6 heteroatoms. The number of hydrogen-bond acceptors (Lipinski definition) is 4. The number of ether oxygens (including phenoxy) is 1. The monoisotopic (exact) mass is 342 g/mol. The molecule has 1 amide bonds. The van der Waals surface area contributed by atoms with Gasteiger partial charge in [-0.15, -0.1) is 0 Å². The number of carbonyl (C=O) groups excluding carboxylic acids is 2. The van der Waals surface area contributed by atoms with Crippen molar-refractivity contribution >= 4 is 11.9 Å². The molecule has 0 aliphatic carbocycles. The number of rotatable bonds is 4. The van der Waals surface area contributed by atoms with Crippen LogP contribution in [0.5, 0.6) is 5.75 Å². The second-order valence-corrected chi connectivity index (χ2v) is 3.45. The molecule has 1 rings (SSSR count). The number of nitrogens with one attached hydrogen (secondary N) is 1. The van der Waals surface area contributed by atoms with E-state index < -0.39 is 12.2 Å². The Kier molecular flexibility index (Phi) is 10.6. The molecule has 0 aromatic heterocycles. The van der Waals surface area contributed by atoms with E-state index in [-0.39, 0.29) is 58.1 Å². The maximum atomic E-state index is 11.7. The molecule has 1 aromatic rings. The summed E-state index contributed by atoms with van der Waals surface area (Å²) in [4.78, 5) is 22.8. The molecule has 0 aliphatic rings. The second-order valence-electron chi connectivity index (χ2n) is 3.45. The normalized spacial score (nSPS) is 10.4. The quantitative estimate of drug-likeness (QED) is 0.881. The van der Waals surface area contributed by atoms with Gasteiger partial charge in [0.15, 0.2) is 11.9 Å². The molecule has 0 heterocycles. The fraction of sp³-hybridized carbons (Fsp3) is 0.385. The number of aromatic hydroxyl groups is 1. The number of phenols is 1. The summed E-state index contributed by atoms with van der Waals surface area (Å²) in [6.45, 7) is 1.70. The van der Waals surface area contributed by atoms with E-state index in [1.54, 1.807) is 19.1 Å². The first-order valence-electron chi connectivity index (χ1n) is 5.28. The molecule has 103 valence electrons. The summed E-state index contributed by atoms with van der Waals surface area (Å²) in [5, 5.41) is 11.5. The zero-order chi connectivity index (χ0) is 12.8. The minimum atomic E-state index is -0.930. The number of ketones is 1. The van der Waals surface area contributed by atoms with Crippen LogP contribution in [0.2, 0.25) is 0 Å². The molecule has 0 saturated heterocycles. The molecule has 19 heavy (non-hydrogen) atoms. The van der Waals surface area contributed by atoms with Gasteiger partial charge >= 0.3 is 6.09 Å². The van der Waals surface area contributed by atoms with E-state index >= 15 is 0 Å². The van der Waals surface area contributed by atoms with Crippen LogP contribution in [0.15, 0.2) is 24.3 Å². The first-order valence-corrected chi connectivity index (χ1v) is 5.28. The molecule has 0 spiro atoms. The molecule has 1 aromatic carbocycles. The summed E-state index contributed by atoms with van der Waals surface area (Å²) in [6.07, 6.45) is -1.33. The van der Waals surface area contributed by atoms with Crippen LogP contribution in [0.1, 0.15) is 32.4 Å². The molecular weight excluding hydrogens is 323 g/mol. The minimum absolute atomic E-state index is 0. The zero-order valence-electron chi connectivity index (χ0n) is 10.3. The number of benzene rings is 1. The predicted molar refractivity (Wildman–Crippen MR) is 68.4 cm³/mol. The molecule has 0 saturated carbocycles. The summed E-state index contributed by atoms with van der Waals surface area (Å²) in [6, 6.07) is 5.99. The van der Waals surface area contributed by atoms with Crippen LogP contribution < -0.4 is 5.32 Å². The number of alkyl carbamates (subject to hydrolysis) is 1. The Labute approximate surface area is 138 Å². The van der Waals surface area contributed by atoms with Crippen LogP contribution in [0, 0.1) is 0 Å². The van der Waals surface area contributed by atoms with Crippen molar-refractivity contribution in [1.29, 1.82) is 0 Å². The van der Waals surface area contributed by atoms with E-state index in [9.17, 15) is 9.59 Å². The van der Waals surface area contributed by atoms with Gasteiger partial charge in [0.25, 0.3) is 0 Å². The average Bonchev–Trinajstić information content (AvgIpc) is 2.36. The van der Waals surface area contributed by atoms with Gasteiger partial charge in [-0.05, 0) is 12.1 Å². The minimum Gasteiger partial charge on any atom is -0.508 e. The molecular formula is C13H19NO4Y. The van der Waals surface area contributed by atoms with Crippen molar-refractivity contribution in [3.05, 3.63) is 29.8 Å². The Morgan fingerprint density at radius 1 is 1.32 bits per heavy atom. The molecule has 5 nitrogen and oxygen atoms in total. The Morgan fingerprint density at radius 3 is 2.26 bits per heavy atom. The van der Waals surface area contributed by atoms with Gasteiger partial charge in [-0.3, -0.25) is 4.79 Å². The van der Waals surface area contributed by atoms with Crippen LogP contribution >= 0.6 is 0 Å². The van der Waals surface area contributed by atoms with Crippen molar-refractivity contribution in [3.63, 3.8) is 0 Å². The standard InChI is InChI=1S/C12H15NO4.CH4.Y/c1-3-10(15)11(17-12(16)13-2)8-4-6-9(14)7-5-8;;/h4-7,11,14H,3H2,1-2H3,(H,13,16);1H4;. The number of phenolic OH excluding ortho intramolecular Hbond substituents is 1. The van der Waals surface area contributed by atoms with Gasteiger partial charge < -0.3 is 15.2 Å². The molecule has 0 bridgehead atoms. The topological polar surface area (TPSA) is 75.6 Å². The molecule has 2 N–H and O–H groups in total. The summed E-state index contributed by atoms with van der Waals surface area (Å²) in [5.41, 5.74) is 0.540. The number of Topliss-reactive ketones (excluding diaryl/α,β-unsaturated/α-hetero) is 1. The van der Waals surface area contributed by atoms with Crippen LogP contribution in [0.3, 0.4) is 0 Å². The van der Waals surface area contributed by atoms with Crippen LogP contribution in [-0.4, -0.2) is 24.0 Å². The SMILES string of the molecule is C.CCC(=O)C(OC(=O)NC)c1ccc(O)cc1.[Y]. The summed E-state index contributed by atoms with van der Waals surface area (Å²) in [5.74, 6) is -0.101. The number of hydrogen-bond donors (Lipinski definition) is 2. The average molecular weight is 342 g/mol. The van der Waals surface area contributed by atoms with Gasteiger partial charge in [0.2, 0.25) is 0 Å². The molecule has 0 aliphatic heterocycles. The first kappa shape index (κ1) is 20.4. The van der Waals surface area contributed by atoms with E-state index in [2.05, 4.69) is 5.32 Å². The molecule has 1 unspecified atom stereocenters. The summed E-state index contributed by atoms with van der Waals surface area (Å²) in [7, 11) is 1.42. The van der Waals surface area contributed by atoms with E-state index in [0.29, 0.717) is 5.56 Å². The fourth-order valence-electron chi connectivity index (χ4n) is 1.32. The Bertz CT molecular complexity index is 406. The third kappa shape index (κ3) is 6.16. The van der Waals surface area contributed by atoms with E-state index in [1.165, 1.54) is 19.2 Å². The Balaban J connectivity index is 0. The van der Waals surface area contributed by atoms with Gasteiger partial charge in [0, 0.05) is 51.7 Å². The van der Waals surface area contributed by atoms with Gasteiger partial charge in [0.1, 0.15) is 5.75 Å². The van der Waals surface area contributed by atoms with Gasteiger partial charge in [0.05, 0.1) is 0 Å². The predicted octanol–water partition coefficient (Wildman–Crippen LogP) is 2.40. The van der Waals surface area contributed by atoms with Crippen LogP contribution in [0.4, 0.5) is 4.79 Å². The van der Waals surface area contributed by atoms with Gasteiger partial charge in [-0.25, -0.2) is 4.79 Å². The van der Waals surface area contributed by atoms with Crippen molar-refractivity contribution in [3.8, 4) is 5.75 Å². The third-order valence-corrected chi connectivity index (χ3v) is 2.27. The molecule has 0 fully saturated rings. The van der Waals surface area contributed by atoms with Gasteiger partial charge in [-0.2, -0.15) is 0 Å². The Hall–Kier alpha value is -0.936. The van der Waals surface area contributed by atoms with Crippen molar-refractivity contribution < 1.29 is 52.1 Å². The molecule has 1 radical (unpaired) electrons. The number of amides is 1. The van der Waals surface area contributed by atoms with Crippen molar-refractivity contribution in [2.75, 3.05) is 7.05 Å². The maximum Gasteiger partial charge on any atom is 0.407 e. The van der Waals surface area contributed by atoms with Crippen LogP contribution in [-0.2, 0) is 42.2 Å². The number of carbonyl (C=O) groups is 2. The fourth-order valence-corrected chi connectivity index (χ4v) is 1.32. The Morgan fingerprint density at radius 2 is 1.84 bits per heavy atom. The summed E-state index contributed by atoms with van der Waals surface area (Å²) < 4.78 is 5.00. The zero-order valence-corrected chi connectivity index (χ0v) is 13.2. The van der Waals surface area contributed by atoms with Crippen molar-refractivity contribution in [1.82, 2.24) is 5.32 Å². The van der Waals surface area contributed by atoms with Crippen molar-refractivity contribution in [2.24, 2.45) is 0 Å².